The highest BCUT2D eigenvalue weighted by Crippen LogP contribution is 2.35. The largest absolute Gasteiger partial charge is 0.396 e. The van der Waals surface area contributed by atoms with Gasteiger partial charge in [-0.15, -0.1) is 0 Å². The number of likely N-dealkylation sites (tertiary alicyclic amines) is 1. The summed E-state index contributed by atoms with van der Waals surface area (Å²) in [6, 6.07) is 10.3. The van der Waals surface area contributed by atoms with E-state index in [0.717, 1.165) is 48.8 Å². The van der Waals surface area contributed by atoms with E-state index >= 15 is 0 Å². The molecule has 7 heteroatoms. The molecule has 0 spiro atoms. The average molecular weight is 391 g/mol. The molecule has 0 aliphatic carbocycles. The third kappa shape index (κ3) is 4.90. The second-order valence-electron chi connectivity index (χ2n) is 7.45. The van der Waals surface area contributed by atoms with E-state index in [-0.39, 0.29) is 41.4 Å². The molecule has 2 fully saturated rings. The van der Waals surface area contributed by atoms with Gasteiger partial charge in [-0.05, 0) is 37.7 Å². The standard InChI is InChI=1S/C20H26N2O4S/c23-15-20(9-4-8-16-6-2-1-3-7-16)10-5-11-21(14-20)17(24)12-22-18(25)13-27-19(22)26/h1-3,6-7,23H,4-5,8-15H2. The summed E-state index contributed by atoms with van der Waals surface area (Å²) in [5.41, 5.74) is 0.981. The fourth-order valence-corrected chi connectivity index (χ4v) is 4.64. The summed E-state index contributed by atoms with van der Waals surface area (Å²) in [5.74, 6) is -0.391. The Balaban J connectivity index is 1.56. The minimum atomic E-state index is -0.346. The lowest BCUT2D eigenvalue weighted by molar-refractivity contribution is -0.139. The summed E-state index contributed by atoms with van der Waals surface area (Å²) in [6.45, 7) is 0.961. The molecule has 2 saturated heterocycles. The van der Waals surface area contributed by atoms with E-state index in [0.29, 0.717) is 13.1 Å². The van der Waals surface area contributed by atoms with Crippen LogP contribution in [0, 0.1) is 5.41 Å². The van der Waals surface area contributed by atoms with Crippen molar-refractivity contribution in [2.75, 3.05) is 32.0 Å². The molecule has 1 aromatic rings. The third-order valence-electron chi connectivity index (χ3n) is 5.50. The van der Waals surface area contributed by atoms with Gasteiger partial charge in [-0.3, -0.25) is 19.3 Å². The van der Waals surface area contributed by atoms with Crippen LogP contribution >= 0.6 is 11.8 Å². The van der Waals surface area contributed by atoms with E-state index in [1.54, 1.807) is 4.90 Å². The van der Waals surface area contributed by atoms with Gasteiger partial charge in [-0.25, -0.2) is 0 Å². The number of rotatable bonds is 7. The Labute approximate surface area is 163 Å². The predicted octanol–water partition coefficient (Wildman–Crippen LogP) is 2.31. The number of piperidine rings is 1. The van der Waals surface area contributed by atoms with Crippen LogP contribution in [0.15, 0.2) is 30.3 Å². The van der Waals surface area contributed by atoms with Crippen LogP contribution in [-0.2, 0) is 16.0 Å². The number of carbonyl (C=O) groups is 3. The van der Waals surface area contributed by atoms with E-state index < -0.39 is 0 Å². The second kappa shape index (κ2) is 8.89. The molecule has 2 heterocycles. The first kappa shape index (κ1) is 19.9. The first-order valence-electron chi connectivity index (χ1n) is 9.43. The maximum absolute atomic E-state index is 12.6. The minimum Gasteiger partial charge on any atom is -0.396 e. The summed E-state index contributed by atoms with van der Waals surface area (Å²) >= 11 is 0.942. The van der Waals surface area contributed by atoms with Crippen LogP contribution in [0.5, 0.6) is 0 Å². The van der Waals surface area contributed by atoms with Crippen LogP contribution in [-0.4, -0.2) is 64.0 Å². The molecule has 1 aromatic carbocycles. The average Bonchev–Trinajstić information content (AvgIpc) is 3.01. The van der Waals surface area contributed by atoms with Crippen LogP contribution in [0.4, 0.5) is 4.79 Å². The van der Waals surface area contributed by atoms with Gasteiger partial charge in [0.2, 0.25) is 11.8 Å². The zero-order valence-corrected chi connectivity index (χ0v) is 16.2. The molecule has 1 N–H and O–H groups in total. The van der Waals surface area contributed by atoms with Crippen LogP contribution < -0.4 is 0 Å². The summed E-state index contributed by atoms with van der Waals surface area (Å²) < 4.78 is 0. The summed E-state index contributed by atoms with van der Waals surface area (Å²) in [6.07, 6.45) is 4.46. The number of aryl methyl sites for hydroxylation is 1. The molecule has 0 bridgehead atoms. The molecule has 0 aromatic heterocycles. The quantitative estimate of drug-likeness (QED) is 0.773. The molecule has 3 amide bonds. The highest BCUT2D eigenvalue weighted by molar-refractivity contribution is 8.14. The predicted molar refractivity (Wildman–Crippen MR) is 104 cm³/mol. The van der Waals surface area contributed by atoms with Gasteiger partial charge < -0.3 is 10.0 Å². The van der Waals surface area contributed by atoms with E-state index in [4.69, 9.17) is 0 Å². The lowest BCUT2D eigenvalue weighted by atomic mass is 9.76. The minimum absolute atomic E-state index is 0.0446. The SMILES string of the molecule is O=C(CN1C(=O)CSC1=O)N1CCCC(CO)(CCCc2ccccc2)C1. The van der Waals surface area contributed by atoms with Crippen LogP contribution in [0.1, 0.15) is 31.2 Å². The molecular formula is C20H26N2O4S. The lowest BCUT2D eigenvalue weighted by Crippen LogP contribution is -2.51. The van der Waals surface area contributed by atoms with Crippen molar-refractivity contribution in [3.05, 3.63) is 35.9 Å². The summed E-state index contributed by atoms with van der Waals surface area (Å²) in [4.78, 5) is 38.8. The van der Waals surface area contributed by atoms with Gasteiger partial charge in [0.25, 0.3) is 5.24 Å². The van der Waals surface area contributed by atoms with Crippen molar-refractivity contribution >= 4 is 28.8 Å². The smallest absolute Gasteiger partial charge is 0.289 e. The number of nitrogens with zero attached hydrogens (tertiary/aromatic N) is 2. The van der Waals surface area contributed by atoms with Crippen molar-refractivity contribution in [1.29, 1.82) is 0 Å². The van der Waals surface area contributed by atoms with Crippen molar-refractivity contribution in [2.24, 2.45) is 5.41 Å². The van der Waals surface area contributed by atoms with E-state index in [1.807, 2.05) is 18.2 Å². The Kier molecular flexibility index (Phi) is 6.55. The number of imide groups is 1. The van der Waals surface area contributed by atoms with Gasteiger partial charge in [0.15, 0.2) is 0 Å². The molecule has 2 aliphatic rings. The summed E-state index contributed by atoms with van der Waals surface area (Å²) in [5, 5.41) is 9.70. The Morgan fingerprint density at radius 1 is 1.22 bits per heavy atom. The van der Waals surface area contributed by atoms with Crippen molar-refractivity contribution < 1.29 is 19.5 Å². The molecule has 6 nitrogen and oxygen atoms in total. The first-order valence-corrected chi connectivity index (χ1v) is 10.4. The Bertz CT molecular complexity index is 680. The zero-order chi connectivity index (χ0) is 19.3. The van der Waals surface area contributed by atoms with Gasteiger partial charge in [-0.2, -0.15) is 0 Å². The summed E-state index contributed by atoms with van der Waals surface area (Å²) in [7, 11) is 0. The van der Waals surface area contributed by atoms with Gasteiger partial charge in [-0.1, -0.05) is 42.1 Å². The fourth-order valence-electron chi connectivity index (χ4n) is 3.91. The molecule has 0 radical (unpaired) electrons. The van der Waals surface area contributed by atoms with Crippen molar-refractivity contribution in [3.8, 4) is 0 Å². The number of hydrogen-bond donors (Lipinski definition) is 1. The van der Waals surface area contributed by atoms with Crippen molar-refractivity contribution in [2.45, 2.75) is 32.1 Å². The van der Waals surface area contributed by atoms with Gasteiger partial charge >= 0.3 is 0 Å². The molecule has 3 rings (SSSR count). The lowest BCUT2D eigenvalue weighted by Gasteiger charge is -2.42. The maximum atomic E-state index is 12.6. The molecule has 0 saturated carbocycles. The Morgan fingerprint density at radius 3 is 2.67 bits per heavy atom. The normalized spacial score (nSPS) is 23.1. The number of thioether (sulfide) groups is 1. The van der Waals surface area contributed by atoms with Crippen LogP contribution in [0.3, 0.4) is 0 Å². The molecule has 2 aliphatic heterocycles. The van der Waals surface area contributed by atoms with Crippen molar-refractivity contribution in [1.82, 2.24) is 9.80 Å². The number of carbonyl (C=O) groups excluding carboxylic acids is 3. The second-order valence-corrected chi connectivity index (χ2v) is 8.38. The van der Waals surface area contributed by atoms with Gasteiger partial charge in [0, 0.05) is 18.5 Å². The first-order chi connectivity index (χ1) is 13.0. The monoisotopic (exact) mass is 390 g/mol. The number of amides is 3. The number of hydrogen-bond acceptors (Lipinski definition) is 5. The molecule has 1 unspecified atom stereocenters. The van der Waals surface area contributed by atoms with E-state index in [9.17, 15) is 19.5 Å². The molecule has 1 atom stereocenters. The molecule has 146 valence electrons. The van der Waals surface area contributed by atoms with Gasteiger partial charge in [0.05, 0.1) is 12.4 Å². The fraction of sp³-hybridized carbons (Fsp3) is 0.550. The number of benzene rings is 1. The van der Waals surface area contributed by atoms with Crippen LogP contribution in [0.25, 0.3) is 0 Å². The van der Waals surface area contributed by atoms with E-state index in [1.165, 1.54) is 5.56 Å². The zero-order valence-electron chi connectivity index (χ0n) is 15.4. The maximum Gasteiger partial charge on any atom is 0.289 e. The Morgan fingerprint density at radius 2 is 2.00 bits per heavy atom. The molecule has 27 heavy (non-hydrogen) atoms. The number of aliphatic hydroxyl groups excluding tert-OH is 1. The highest BCUT2D eigenvalue weighted by Gasteiger charge is 2.38. The highest BCUT2D eigenvalue weighted by atomic mass is 32.2. The number of aliphatic hydroxyl groups is 1. The van der Waals surface area contributed by atoms with E-state index in [2.05, 4.69) is 12.1 Å². The molecular weight excluding hydrogens is 364 g/mol. The topological polar surface area (TPSA) is 77.9 Å². The van der Waals surface area contributed by atoms with Gasteiger partial charge in [0.1, 0.15) is 6.54 Å². The van der Waals surface area contributed by atoms with Crippen molar-refractivity contribution in [3.63, 3.8) is 0 Å². The Hall–Kier alpha value is -1.86. The van der Waals surface area contributed by atoms with Crippen LogP contribution in [0.2, 0.25) is 0 Å². The third-order valence-corrected chi connectivity index (χ3v) is 6.36.